The van der Waals surface area contributed by atoms with E-state index >= 15 is 0 Å². The number of carbonyl (C=O) groups is 2. The van der Waals surface area contributed by atoms with Crippen molar-refractivity contribution in [1.82, 2.24) is 10.1 Å². The summed E-state index contributed by atoms with van der Waals surface area (Å²) in [6.07, 6.45) is 0. The molecule has 0 atom stereocenters. The summed E-state index contributed by atoms with van der Waals surface area (Å²) >= 11 is 0. The Morgan fingerprint density at radius 2 is 1.86 bits per heavy atom. The first-order valence-electron chi connectivity index (χ1n) is 6.76. The van der Waals surface area contributed by atoms with Crippen molar-refractivity contribution in [3.63, 3.8) is 0 Å². The summed E-state index contributed by atoms with van der Waals surface area (Å²) in [6, 6.07) is 8.58. The topological polar surface area (TPSA) is 87.5 Å². The molecule has 0 unspecified atom stereocenters. The van der Waals surface area contributed by atoms with Gasteiger partial charge in [0.05, 0.1) is 0 Å². The second-order valence-electron chi connectivity index (χ2n) is 5.02. The highest BCUT2D eigenvalue weighted by Gasteiger charge is 2.14. The number of benzene rings is 1. The fourth-order valence-corrected chi connectivity index (χ4v) is 1.75. The van der Waals surface area contributed by atoms with Crippen LogP contribution >= 0.6 is 0 Å². The molecule has 116 valence electrons. The standard InChI is InChI=1S/C15H18N4O3/c1-10-4-6-12(7-5-10)16-14(20)9-19(3)15(21)17-13-8-11(2)22-18-13/h4-8H,9H2,1-3H3,(H,16,20)(H,17,18,21). The van der Waals surface area contributed by atoms with Gasteiger partial charge in [0.1, 0.15) is 12.3 Å². The fourth-order valence-electron chi connectivity index (χ4n) is 1.75. The Morgan fingerprint density at radius 1 is 1.18 bits per heavy atom. The molecule has 0 aliphatic rings. The van der Waals surface area contributed by atoms with Crippen LogP contribution in [0.5, 0.6) is 0 Å². The van der Waals surface area contributed by atoms with E-state index in [1.807, 2.05) is 31.2 Å². The lowest BCUT2D eigenvalue weighted by atomic mass is 10.2. The first-order valence-corrected chi connectivity index (χ1v) is 6.76. The third-order valence-electron chi connectivity index (χ3n) is 2.93. The van der Waals surface area contributed by atoms with Gasteiger partial charge in [0.2, 0.25) is 5.91 Å². The Kier molecular flexibility index (Phi) is 4.77. The minimum absolute atomic E-state index is 0.0729. The van der Waals surface area contributed by atoms with Crippen LogP contribution in [0.2, 0.25) is 0 Å². The number of carbonyl (C=O) groups excluding carboxylic acids is 2. The van der Waals surface area contributed by atoms with Crippen LogP contribution in [0.3, 0.4) is 0 Å². The second kappa shape index (κ2) is 6.75. The highest BCUT2D eigenvalue weighted by molar-refractivity contribution is 5.96. The molecule has 3 amide bonds. The molecule has 0 bridgehead atoms. The van der Waals surface area contributed by atoms with Gasteiger partial charge in [0.25, 0.3) is 0 Å². The summed E-state index contributed by atoms with van der Waals surface area (Å²) in [5.41, 5.74) is 1.80. The molecule has 0 fully saturated rings. The maximum Gasteiger partial charge on any atom is 0.323 e. The molecule has 2 rings (SSSR count). The van der Waals surface area contributed by atoms with E-state index in [1.54, 1.807) is 13.0 Å². The van der Waals surface area contributed by atoms with Crippen LogP contribution in [0, 0.1) is 13.8 Å². The van der Waals surface area contributed by atoms with Gasteiger partial charge in [-0.3, -0.25) is 10.1 Å². The van der Waals surface area contributed by atoms with Crippen molar-refractivity contribution in [1.29, 1.82) is 0 Å². The molecule has 0 aliphatic carbocycles. The van der Waals surface area contributed by atoms with E-state index in [4.69, 9.17) is 4.52 Å². The maximum absolute atomic E-state index is 11.9. The van der Waals surface area contributed by atoms with Crippen molar-refractivity contribution >= 4 is 23.4 Å². The van der Waals surface area contributed by atoms with Crippen LogP contribution in [-0.4, -0.2) is 35.6 Å². The summed E-state index contributed by atoms with van der Waals surface area (Å²) in [5.74, 6) is 0.626. The Morgan fingerprint density at radius 3 is 2.45 bits per heavy atom. The fraction of sp³-hybridized carbons (Fsp3) is 0.267. The van der Waals surface area contributed by atoms with Gasteiger partial charge < -0.3 is 14.7 Å². The summed E-state index contributed by atoms with van der Waals surface area (Å²) in [6.45, 7) is 3.62. The summed E-state index contributed by atoms with van der Waals surface area (Å²) in [5, 5.41) is 8.93. The summed E-state index contributed by atoms with van der Waals surface area (Å²) in [4.78, 5) is 25.1. The quantitative estimate of drug-likeness (QED) is 0.907. The number of anilines is 2. The van der Waals surface area contributed by atoms with Gasteiger partial charge in [-0.05, 0) is 26.0 Å². The van der Waals surface area contributed by atoms with Gasteiger partial charge >= 0.3 is 6.03 Å². The normalized spacial score (nSPS) is 10.1. The zero-order valence-electron chi connectivity index (χ0n) is 12.7. The lowest BCUT2D eigenvalue weighted by Crippen LogP contribution is -2.37. The molecular weight excluding hydrogens is 284 g/mol. The van der Waals surface area contributed by atoms with Gasteiger partial charge in [0.15, 0.2) is 5.82 Å². The van der Waals surface area contributed by atoms with Gasteiger partial charge in [-0.2, -0.15) is 0 Å². The molecule has 2 N–H and O–H groups in total. The number of amides is 3. The van der Waals surface area contributed by atoms with E-state index in [2.05, 4.69) is 15.8 Å². The average molecular weight is 302 g/mol. The lowest BCUT2D eigenvalue weighted by molar-refractivity contribution is -0.116. The third-order valence-corrected chi connectivity index (χ3v) is 2.93. The van der Waals surface area contributed by atoms with E-state index in [9.17, 15) is 9.59 Å². The van der Waals surface area contributed by atoms with Gasteiger partial charge in [-0.1, -0.05) is 22.9 Å². The molecule has 22 heavy (non-hydrogen) atoms. The number of urea groups is 1. The smallest absolute Gasteiger partial charge is 0.323 e. The predicted molar refractivity (Wildman–Crippen MR) is 82.7 cm³/mol. The number of hydrogen-bond acceptors (Lipinski definition) is 4. The van der Waals surface area contributed by atoms with Gasteiger partial charge in [-0.25, -0.2) is 4.79 Å². The van der Waals surface area contributed by atoms with E-state index < -0.39 is 6.03 Å². The molecule has 1 heterocycles. The SMILES string of the molecule is Cc1ccc(NC(=O)CN(C)C(=O)Nc2cc(C)on2)cc1. The van der Waals surface area contributed by atoms with Gasteiger partial charge in [0, 0.05) is 18.8 Å². The number of aryl methyl sites for hydroxylation is 2. The molecule has 7 heteroatoms. The Balaban J connectivity index is 1.85. The Labute approximate surface area is 128 Å². The molecule has 0 spiro atoms. The van der Waals surface area contributed by atoms with Crippen molar-refractivity contribution < 1.29 is 14.1 Å². The van der Waals surface area contributed by atoms with Crippen LogP contribution in [0.1, 0.15) is 11.3 Å². The molecule has 1 aromatic carbocycles. The van der Waals surface area contributed by atoms with E-state index in [0.29, 0.717) is 17.3 Å². The van der Waals surface area contributed by atoms with Crippen LogP contribution in [-0.2, 0) is 4.79 Å². The zero-order valence-corrected chi connectivity index (χ0v) is 12.7. The Bertz CT molecular complexity index is 664. The number of rotatable bonds is 4. The van der Waals surface area contributed by atoms with Crippen LogP contribution < -0.4 is 10.6 Å². The minimum atomic E-state index is -0.438. The van der Waals surface area contributed by atoms with Crippen LogP contribution in [0.4, 0.5) is 16.3 Å². The first kappa shape index (κ1) is 15.6. The van der Waals surface area contributed by atoms with Crippen molar-refractivity contribution in [2.75, 3.05) is 24.2 Å². The Hall–Kier alpha value is -2.83. The molecule has 0 aliphatic heterocycles. The van der Waals surface area contributed by atoms with Crippen molar-refractivity contribution in [2.45, 2.75) is 13.8 Å². The highest BCUT2D eigenvalue weighted by Crippen LogP contribution is 2.09. The third kappa shape index (κ3) is 4.34. The molecule has 0 saturated heterocycles. The first-order chi connectivity index (χ1) is 10.4. The number of likely N-dealkylation sites (N-methyl/N-ethyl adjacent to an activating group) is 1. The predicted octanol–water partition coefficient (Wildman–Crippen LogP) is 2.39. The van der Waals surface area contributed by atoms with E-state index in [-0.39, 0.29) is 12.5 Å². The minimum Gasteiger partial charge on any atom is -0.360 e. The number of hydrogen-bond donors (Lipinski definition) is 2. The molecule has 0 saturated carbocycles. The monoisotopic (exact) mass is 302 g/mol. The van der Waals surface area contributed by atoms with Crippen molar-refractivity contribution in [3.05, 3.63) is 41.7 Å². The maximum atomic E-state index is 11.9. The average Bonchev–Trinajstić information content (AvgIpc) is 2.86. The van der Waals surface area contributed by atoms with Crippen molar-refractivity contribution in [3.8, 4) is 0 Å². The number of nitrogens with zero attached hydrogens (tertiary/aromatic N) is 2. The van der Waals surface area contributed by atoms with E-state index in [1.165, 1.54) is 11.9 Å². The van der Waals surface area contributed by atoms with Crippen LogP contribution in [0.25, 0.3) is 0 Å². The second-order valence-corrected chi connectivity index (χ2v) is 5.02. The number of nitrogens with one attached hydrogen (secondary N) is 2. The largest absolute Gasteiger partial charge is 0.360 e. The zero-order chi connectivity index (χ0) is 16.1. The number of aromatic nitrogens is 1. The summed E-state index contributed by atoms with van der Waals surface area (Å²) in [7, 11) is 1.52. The molecular formula is C15H18N4O3. The molecule has 7 nitrogen and oxygen atoms in total. The molecule has 0 radical (unpaired) electrons. The highest BCUT2D eigenvalue weighted by atomic mass is 16.5. The van der Waals surface area contributed by atoms with Gasteiger partial charge in [-0.15, -0.1) is 0 Å². The summed E-state index contributed by atoms with van der Waals surface area (Å²) < 4.78 is 4.85. The van der Waals surface area contributed by atoms with Crippen LogP contribution in [0.15, 0.2) is 34.9 Å². The van der Waals surface area contributed by atoms with Crippen molar-refractivity contribution in [2.24, 2.45) is 0 Å². The lowest BCUT2D eigenvalue weighted by Gasteiger charge is -2.16. The molecule has 2 aromatic rings. The molecule has 1 aromatic heterocycles. The van der Waals surface area contributed by atoms with E-state index in [0.717, 1.165) is 5.56 Å².